The van der Waals surface area contributed by atoms with Crippen LogP contribution >= 0.6 is 0 Å². The topological polar surface area (TPSA) is 43.1 Å². The van der Waals surface area contributed by atoms with Crippen LogP contribution in [0.3, 0.4) is 0 Å². The average molecular weight is 184 g/mol. The van der Waals surface area contributed by atoms with E-state index in [4.69, 9.17) is 0 Å². The molecule has 2 aromatic heterocycles. The first-order chi connectivity index (χ1) is 6.84. The first-order valence-electron chi connectivity index (χ1n) is 4.41. The minimum Gasteiger partial charge on any atom is -0.211 e. The summed E-state index contributed by atoms with van der Waals surface area (Å²) in [5.74, 6) is 0. The second-order valence-electron chi connectivity index (χ2n) is 3.29. The molecule has 1 aromatic carbocycles. The number of aromatic nitrogens is 4. The Morgan fingerprint density at radius 3 is 3.00 bits per heavy atom. The Balaban J connectivity index is 2.57. The van der Waals surface area contributed by atoms with Crippen molar-refractivity contribution < 1.29 is 0 Å². The molecule has 3 aromatic rings. The molecule has 4 nitrogen and oxygen atoms in total. The highest BCUT2D eigenvalue weighted by Crippen LogP contribution is 2.13. The summed E-state index contributed by atoms with van der Waals surface area (Å²) >= 11 is 0. The Morgan fingerprint density at radius 1 is 1.14 bits per heavy atom. The second-order valence-corrected chi connectivity index (χ2v) is 3.29. The third-order valence-electron chi connectivity index (χ3n) is 2.24. The van der Waals surface area contributed by atoms with Gasteiger partial charge in [0.15, 0.2) is 5.65 Å². The van der Waals surface area contributed by atoms with Gasteiger partial charge in [-0.05, 0) is 24.6 Å². The van der Waals surface area contributed by atoms with E-state index in [9.17, 15) is 0 Å². The van der Waals surface area contributed by atoms with Crippen molar-refractivity contribution in [3.05, 3.63) is 36.0 Å². The molecular formula is C10H8N4. The molecule has 3 rings (SSSR count). The van der Waals surface area contributed by atoms with E-state index in [-0.39, 0.29) is 0 Å². The molecule has 0 saturated carbocycles. The molecule has 0 aliphatic rings. The van der Waals surface area contributed by atoms with Crippen LogP contribution < -0.4 is 0 Å². The van der Waals surface area contributed by atoms with Gasteiger partial charge in [-0.25, -0.2) is 4.52 Å². The van der Waals surface area contributed by atoms with Crippen molar-refractivity contribution in [2.45, 2.75) is 6.92 Å². The number of fused-ring (bicyclic) bond motifs is 3. The first-order valence-corrected chi connectivity index (χ1v) is 4.41. The van der Waals surface area contributed by atoms with Crippen molar-refractivity contribution in [1.82, 2.24) is 19.8 Å². The fraction of sp³-hybridized carbons (Fsp3) is 0.100. The molecule has 0 aliphatic heterocycles. The van der Waals surface area contributed by atoms with Gasteiger partial charge in [0, 0.05) is 6.07 Å². The number of hydrogen-bond donors (Lipinski definition) is 0. The summed E-state index contributed by atoms with van der Waals surface area (Å²) in [6.07, 6.45) is 1.73. The Kier molecular flexibility index (Phi) is 1.33. The monoisotopic (exact) mass is 184 g/mol. The molecule has 0 fully saturated rings. The van der Waals surface area contributed by atoms with Gasteiger partial charge in [-0.3, -0.25) is 0 Å². The van der Waals surface area contributed by atoms with E-state index in [1.807, 2.05) is 31.2 Å². The van der Waals surface area contributed by atoms with Gasteiger partial charge < -0.3 is 0 Å². The molecule has 0 unspecified atom stereocenters. The molecule has 4 heteroatoms. The molecule has 0 amide bonds. The highest BCUT2D eigenvalue weighted by atomic mass is 15.3. The zero-order chi connectivity index (χ0) is 9.54. The predicted molar refractivity (Wildman–Crippen MR) is 53.0 cm³/mol. The summed E-state index contributed by atoms with van der Waals surface area (Å²) in [4.78, 5) is 0. The second kappa shape index (κ2) is 2.51. The van der Waals surface area contributed by atoms with E-state index in [1.165, 1.54) is 5.56 Å². The van der Waals surface area contributed by atoms with Crippen molar-refractivity contribution in [3.8, 4) is 0 Å². The molecule has 0 atom stereocenters. The number of benzene rings is 1. The van der Waals surface area contributed by atoms with Crippen LogP contribution in [0.15, 0.2) is 30.5 Å². The summed E-state index contributed by atoms with van der Waals surface area (Å²) < 4.78 is 1.79. The van der Waals surface area contributed by atoms with E-state index in [1.54, 1.807) is 10.7 Å². The lowest BCUT2D eigenvalue weighted by atomic mass is 10.2. The standard InChI is InChI=1S/C10H8N4/c1-7-2-3-9-8(6-7)12-13-10-4-5-11-14(9)10/h2-6H,1H3. The smallest absolute Gasteiger partial charge is 0.177 e. The van der Waals surface area contributed by atoms with Crippen LogP contribution in [-0.2, 0) is 0 Å². The fourth-order valence-electron chi connectivity index (χ4n) is 1.56. The maximum absolute atomic E-state index is 4.19. The van der Waals surface area contributed by atoms with Crippen molar-refractivity contribution in [2.24, 2.45) is 0 Å². The normalized spacial score (nSPS) is 11.2. The van der Waals surface area contributed by atoms with E-state index >= 15 is 0 Å². The van der Waals surface area contributed by atoms with Crippen molar-refractivity contribution in [2.75, 3.05) is 0 Å². The van der Waals surface area contributed by atoms with E-state index in [2.05, 4.69) is 15.3 Å². The third-order valence-corrected chi connectivity index (χ3v) is 2.24. The van der Waals surface area contributed by atoms with Crippen LogP contribution in [0.25, 0.3) is 16.7 Å². The van der Waals surface area contributed by atoms with Crippen LogP contribution in [0.4, 0.5) is 0 Å². The van der Waals surface area contributed by atoms with E-state index < -0.39 is 0 Å². The molecule has 0 N–H and O–H groups in total. The fourth-order valence-corrected chi connectivity index (χ4v) is 1.56. The largest absolute Gasteiger partial charge is 0.211 e. The number of aryl methyl sites for hydroxylation is 1. The van der Waals surface area contributed by atoms with Crippen LogP contribution in [0.1, 0.15) is 5.56 Å². The third kappa shape index (κ3) is 0.907. The Labute approximate surface area is 80.2 Å². The van der Waals surface area contributed by atoms with Crippen LogP contribution in [0.5, 0.6) is 0 Å². The molecular weight excluding hydrogens is 176 g/mol. The highest BCUT2D eigenvalue weighted by Gasteiger charge is 2.02. The minimum atomic E-state index is 0.779. The molecule has 68 valence electrons. The number of rotatable bonds is 0. The van der Waals surface area contributed by atoms with Gasteiger partial charge in [-0.2, -0.15) is 5.10 Å². The van der Waals surface area contributed by atoms with E-state index in [0.29, 0.717) is 0 Å². The summed E-state index contributed by atoms with van der Waals surface area (Å²) in [5.41, 5.74) is 3.83. The zero-order valence-electron chi connectivity index (χ0n) is 7.68. The highest BCUT2D eigenvalue weighted by molar-refractivity contribution is 5.76. The van der Waals surface area contributed by atoms with Gasteiger partial charge in [0.25, 0.3) is 0 Å². The quantitative estimate of drug-likeness (QED) is 0.532. The van der Waals surface area contributed by atoms with Crippen LogP contribution in [-0.4, -0.2) is 19.8 Å². The lowest BCUT2D eigenvalue weighted by Gasteiger charge is -1.99. The SMILES string of the molecule is Cc1ccc2c(c1)nnc1ccnn12. The Bertz CT molecular complexity index is 612. The molecule has 2 heterocycles. The minimum absolute atomic E-state index is 0.779. The lowest BCUT2D eigenvalue weighted by molar-refractivity contribution is 0.942. The maximum Gasteiger partial charge on any atom is 0.177 e. The lowest BCUT2D eigenvalue weighted by Crippen LogP contribution is -1.95. The number of hydrogen-bond acceptors (Lipinski definition) is 3. The van der Waals surface area contributed by atoms with Crippen LogP contribution in [0, 0.1) is 6.92 Å². The van der Waals surface area contributed by atoms with E-state index in [0.717, 1.165) is 16.7 Å². The van der Waals surface area contributed by atoms with Gasteiger partial charge in [0.05, 0.1) is 11.7 Å². The molecule has 0 bridgehead atoms. The van der Waals surface area contributed by atoms with Gasteiger partial charge >= 0.3 is 0 Å². The number of nitrogens with zero attached hydrogens (tertiary/aromatic N) is 4. The zero-order valence-corrected chi connectivity index (χ0v) is 7.68. The molecule has 0 aliphatic carbocycles. The molecule has 0 spiro atoms. The molecule has 0 radical (unpaired) electrons. The van der Waals surface area contributed by atoms with Crippen molar-refractivity contribution in [3.63, 3.8) is 0 Å². The van der Waals surface area contributed by atoms with Gasteiger partial charge in [-0.1, -0.05) is 6.07 Å². The summed E-state index contributed by atoms with van der Waals surface area (Å²) in [6, 6.07) is 7.90. The van der Waals surface area contributed by atoms with Gasteiger partial charge in [0.1, 0.15) is 5.52 Å². The van der Waals surface area contributed by atoms with Crippen LogP contribution in [0.2, 0.25) is 0 Å². The van der Waals surface area contributed by atoms with Crippen molar-refractivity contribution >= 4 is 16.7 Å². The van der Waals surface area contributed by atoms with Gasteiger partial charge in [0.2, 0.25) is 0 Å². The molecule has 14 heavy (non-hydrogen) atoms. The first kappa shape index (κ1) is 7.44. The van der Waals surface area contributed by atoms with Crippen molar-refractivity contribution in [1.29, 1.82) is 0 Å². The molecule has 0 saturated heterocycles. The summed E-state index contributed by atoms with van der Waals surface area (Å²) in [7, 11) is 0. The average Bonchev–Trinajstić information content (AvgIpc) is 2.65. The summed E-state index contributed by atoms with van der Waals surface area (Å²) in [5, 5.41) is 12.4. The Hall–Kier alpha value is -1.97. The summed E-state index contributed by atoms with van der Waals surface area (Å²) in [6.45, 7) is 2.04. The Morgan fingerprint density at radius 2 is 2.07 bits per heavy atom. The predicted octanol–water partition coefficient (Wildman–Crippen LogP) is 1.59. The van der Waals surface area contributed by atoms with Gasteiger partial charge in [-0.15, -0.1) is 10.2 Å². The maximum atomic E-state index is 4.19.